The summed E-state index contributed by atoms with van der Waals surface area (Å²) in [6.07, 6.45) is 1.09. The lowest BCUT2D eigenvalue weighted by Gasteiger charge is -2.09. The molecule has 1 atom stereocenters. The summed E-state index contributed by atoms with van der Waals surface area (Å²) in [5, 5.41) is 12.3. The molecule has 0 saturated carbocycles. The van der Waals surface area contributed by atoms with Crippen molar-refractivity contribution in [3.63, 3.8) is 0 Å². The quantitative estimate of drug-likeness (QED) is 0.851. The van der Waals surface area contributed by atoms with Crippen molar-refractivity contribution in [1.29, 1.82) is 0 Å². The van der Waals surface area contributed by atoms with E-state index in [0.717, 1.165) is 0 Å². The first kappa shape index (κ1) is 14.3. The minimum Gasteiger partial charge on any atom is -0.467 e. The van der Waals surface area contributed by atoms with E-state index >= 15 is 0 Å². The van der Waals surface area contributed by atoms with Crippen LogP contribution in [0.4, 0.5) is 4.39 Å². The van der Waals surface area contributed by atoms with Crippen molar-refractivity contribution < 1.29 is 18.7 Å². The summed E-state index contributed by atoms with van der Waals surface area (Å²) in [6.45, 7) is 0.0730. The molecule has 106 valence electrons. The van der Waals surface area contributed by atoms with E-state index < -0.39 is 6.10 Å². The molecule has 0 aliphatic heterocycles. The van der Waals surface area contributed by atoms with Crippen LogP contribution >= 0.6 is 0 Å². The van der Waals surface area contributed by atoms with E-state index in [4.69, 9.17) is 4.42 Å². The third-order valence-corrected chi connectivity index (χ3v) is 2.94. The monoisotopic (exact) mass is 277 g/mol. The molecule has 1 aromatic heterocycles. The largest absolute Gasteiger partial charge is 0.467 e. The van der Waals surface area contributed by atoms with Crippen LogP contribution in [0, 0.1) is 5.82 Å². The molecule has 0 aliphatic carbocycles. The van der Waals surface area contributed by atoms with Crippen LogP contribution < -0.4 is 5.32 Å². The van der Waals surface area contributed by atoms with Crippen molar-refractivity contribution in [3.8, 4) is 0 Å². The predicted molar refractivity (Wildman–Crippen MR) is 71.4 cm³/mol. The Morgan fingerprint density at radius 2 is 2.10 bits per heavy atom. The second-order valence-electron chi connectivity index (χ2n) is 4.43. The van der Waals surface area contributed by atoms with E-state index in [1.54, 1.807) is 30.3 Å². The fourth-order valence-electron chi connectivity index (χ4n) is 1.83. The predicted octanol–water partition coefficient (Wildman–Crippen LogP) is 2.20. The van der Waals surface area contributed by atoms with Gasteiger partial charge < -0.3 is 14.8 Å². The van der Waals surface area contributed by atoms with Gasteiger partial charge >= 0.3 is 0 Å². The molecule has 1 unspecified atom stereocenters. The molecule has 1 amide bonds. The van der Waals surface area contributed by atoms with Crippen molar-refractivity contribution in [2.75, 3.05) is 6.54 Å². The first-order chi connectivity index (χ1) is 9.66. The number of nitrogens with one attached hydrogen (secondary N) is 1. The molecular formula is C15H16FNO3. The number of aliphatic hydroxyl groups excluding tert-OH is 1. The number of aryl methyl sites for hydroxylation is 1. The molecule has 0 bridgehead atoms. The number of benzene rings is 1. The highest BCUT2D eigenvalue weighted by Gasteiger charge is 2.12. The van der Waals surface area contributed by atoms with Crippen LogP contribution in [0.3, 0.4) is 0 Å². The zero-order chi connectivity index (χ0) is 14.4. The molecule has 0 aliphatic rings. The van der Waals surface area contributed by atoms with Gasteiger partial charge in [0.05, 0.1) is 12.8 Å². The Bertz CT molecular complexity index is 554. The molecule has 2 rings (SSSR count). The molecule has 2 aromatic rings. The highest BCUT2D eigenvalue weighted by Crippen LogP contribution is 2.12. The highest BCUT2D eigenvalue weighted by molar-refractivity contribution is 5.76. The molecule has 20 heavy (non-hydrogen) atoms. The summed E-state index contributed by atoms with van der Waals surface area (Å²) < 4.78 is 18.4. The van der Waals surface area contributed by atoms with Crippen LogP contribution in [-0.4, -0.2) is 17.6 Å². The van der Waals surface area contributed by atoms with Crippen LogP contribution in [0.5, 0.6) is 0 Å². The lowest BCUT2D eigenvalue weighted by Crippen LogP contribution is -2.28. The summed E-state index contributed by atoms with van der Waals surface area (Å²) in [6, 6.07) is 9.67. The van der Waals surface area contributed by atoms with Crippen LogP contribution in [0.15, 0.2) is 47.1 Å². The second kappa shape index (κ2) is 6.86. The van der Waals surface area contributed by atoms with Gasteiger partial charge in [-0.15, -0.1) is 0 Å². The molecule has 0 saturated heterocycles. The third kappa shape index (κ3) is 3.93. The average molecular weight is 277 g/mol. The zero-order valence-corrected chi connectivity index (χ0v) is 10.9. The summed E-state index contributed by atoms with van der Waals surface area (Å²) in [5.41, 5.74) is 0.509. The fraction of sp³-hybridized carbons (Fsp3) is 0.267. The summed E-state index contributed by atoms with van der Waals surface area (Å²) >= 11 is 0. The van der Waals surface area contributed by atoms with E-state index in [2.05, 4.69) is 5.32 Å². The molecule has 0 fully saturated rings. The van der Waals surface area contributed by atoms with E-state index in [1.807, 2.05) is 0 Å². The number of amides is 1. The standard InChI is InChI=1S/C15H16FNO3/c16-12-5-2-1-4-11(12)7-8-15(19)17-10-13(18)14-6-3-9-20-14/h1-6,9,13,18H,7-8,10H2,(H,17,19). The summed E-state index contributed by atoms with van der Waals surface area (Å²) in [4.78, 5) is 11.6. The zero-order valence-electron chi connectivity index (χ0n) is 10.9. The van der Waals surface area contributed by atoms with E-state index in [9.17, 15) is 14.3 Å². The Kier molecular flexibility index (Phi) is 4.90. The highest BCUT2D eigenvalue weighted by atomic mass is 19.1. The van der Waals surface area contributed by atoms with Crippen molar-refractivity contribution in [2.45, 2.75) is 18.9 Å². The van der Waals surface area contributed by atoms with Crippen LogP contribution in [0.2, 0.25) is 0 Å². The number of aliphatic hydroxyl groups is 1. The van der Waals surface area contributed by atoms with Crippen molar-refractivity contribution in [2.24, 2.45) is 0 Å². The van der Waals surface area contributed by atoms with Crippen LogP contribution in [0.1, 0.15) is 23.8 Å². The SMILES string of the molecule is O=C(CCc1ccccc1F)NCC(O)c1ccco1. The molecule has 4 nitrogen and oxygen atoms in total. The number of hydrogen-bond donors (Lipinski definition) is 2. The number of rotatable bonds is 6. The molecular weight excluding hydrogens is 261 g/mol. The maximum atomic E-state index is 13.4. The lowest BCUT2D eigenvalue weighted by molar-refractivity contribution is -0.121. The Morgan fingerprint density at radius 1 is 1.30 bits per heavy atom. The number of furan rings is 1. The Labute approximate surface area is 116 Å². The van der Waals surface area contributed by atoms with Gasteiger partial charge in [-0.1, -0.05) is 18.2 Å². The van der Waals surface area contributed by atoms with E-state index in [0.29, 0.717) is 17.7 Å². The number of carbonyl (C=O) groups excluding carboxylic acids is 1. The van der Waals surface area contributed by atoms with Gasteiger partial charge in [0.2, 0.25) is 5.91 Å². The van der Waals surface area contributed by atoms with Gasteiger partial charge in [-0.2, -0.15) is 0 Å². The smallest absolute Gasteiger partial charge is 0.220 e. The second-order valence-corrected chi connectivity index (χ2v) is 4.43. The summed E-state index contributed by atoms with van der Waals surface area (Å²) in [5.74, 6) is -0.144. The molecule has 1 aromatic carbocycles. The van der Waals surface area contributed by atoms with Gasteiger partial charge in [0.25, 0.3) is 0 Å². The van der Waals surface area contributed by atoms with Crippen molar-refractivity contribution in [3.05, 3.63) is 59.8 Å². The van der Waals surface area contributed by atoms with Crippen molar-refractivity contribution in [1.82, 2.24) is 5.32 Å². The Balaban J connectivity index is 1.75. The maximum Gasteiger partial charge on any atom is 0.220 e. The van der Waals surface area contributed by atoms with E-state index in [1.165, 1.54) is 12.3 Å². The molecule has 5 heteroatoms. The van der Waals surface area contributed by atoms with Crippen LogP contribution in [0.25, 0.3) is 0 Å². The Morgan fingerprint density at radius 3 is 2.80 bits per heavy atom. The number of hydrogen-bond acceptors (Lipinski definition) is 3. The number of carbonyl (C=O) groups is 1. The van der Waals surface area contributed by atoms with Crippen LogP contribution in [-0.2, 0) is 11.2 Å². The minimum absolute atomic E-state index is 0.0730. The van der Waals surface area contributed by atoms with Crippen molar-refractivity contribution >= 4 is 5.91 Å². The Hall–Kier alpha value is -2.14. The van der Waals surface area contributed by atoms with E-state index in [-0.39, 0.29) is 24.7 Å². The molecule has 1 heterocycles. The summed E-state index contributed by atoms with van der Waals surface area (Å²) in [7, 11) is 0. The van der Waals surface area contributed by atoms with Gasteiger partial charge in [0.15, 0.2) is 0 Å². The van der Waals surface area contributed by atoms with Gasteiger partial charge in [0, 0.05) is 6.42 Å². The molecule has 0 spiro atoms. The first-order valence-corrected chi connectivity index (χ1v) is 6.38. The van der Waals surface area contributed by atoms with Gasteiger partial charge in [-0.25, -0.2) is 4.39 Å². The van der Waals surface area contributed by atoms with Gasteiger partial charge in [0.1, 0.15) is 17.7 Å². The molecule has 2 N–H and O–H groups in total. The molecule has 0 radical (unpaired) electrons. The number of halogens is 1. The maximum absolute atomic E-state index is 13.4. The minimum atomic E-state index is -0.873. The first-order valence-electron chi connectivity index (χ1n) is 6.38. The normalized spacial score (nSPS) is 12.1. The fourth-order valence-corrected chi connectivity index (χ4v) is 1.83. The van der Waals surface area contributed by atoms with Gasteiger partial charge in [-0.05, 0) is 30.2 Å². The van der Waals surface area contributed by atoms with Gasteiger partial charge in [-0.3, -0.25) is 4.79 Å². The average Bonchev–Trinajstić information content (AvgIpc) is 2.98. The lowest BCUT2D eigenvalue weighted by atomic mass is 10.1. The third-order valence-electron chi connectivity index (χ3n) is 2.94. The topological polar surface area (TPSA) is 62.5 Å².